The highest BCUT2D eigenvalue weighted by Gasteiger charge is 1.92. The number of aryl methyl sites for hydroxylation is 1. The van der Waals surface area contributed by atoms with Crippen LogP contribution in [0.4, 0.5) is 0 Å². The van der Waals surface area contributed by atoms with Gasteiger partial charge in [-0.2, -0.15) is 9.90 Å². The number of para-hydroxylation sites is 2. The highest BCUT2D eigenvalue weighted by molar-refractivity contribution is 6.92. The predicted molar refractivity (Wildman–Crippen MR) is 55.4 cm³/mol. The van der Waals surface area contributed by atoms with Crippen LogP contribution >= 0.6 is 9.90 Å². The molecule has 2 aromatic rings. The third-order valence-corrected chi connectivity index (χ3v) is 1.57. The van der Waals surface area contributed by atoms with Gasteiger partial charge in [0.1, 0.15) is 0 Å². The van der Waals surface area contributed by atoms with E-state index in [9.17, 15) is 0 Å². The molecule has 1 aromatic heterocycles. The monoisotopic (exact) mass is 178 g/mol. The summed E-state index contributed by atoms with van der Waals surface area (Å²) in [6.45, 7) is 1.94. The molecule has 0 bridgehead atoms. The second kappa shape index (κ2) is 3.59. The molecule has 0 radical (unpaired) electrons. The zero-order valence-electron chi connectivity index (χ0n) is 6.99. The highest BCUT2D eigenvalue weighted by atomic mass is 31.0. The third kappa shape index (κ3) is 1.59. The second-order valence-electron chi connectivity index (χ2n) is 2.50. The van der Waals surface area contributed by atoms with Crippen LogP contribution in [0.2, 0.25) is 0 Å². The summed E-state index contributed by atoms with van der Waals surface area (Å²) in [5.41, 5.74) is 2.88. The van der Waals surface area contributed by atoms with Gasteiger partial charge in [0.2, 0.25) is 0 Å². The summed E-state index contributed by atoms with van der Waals surface area (Å²) >= 11 is 0. The highest BCUT2D eigenvalue weighted by Crippen LogP contribution is 2.06. The molecule has 0 amide bonds. The Kier molecular flexibility index (Phi) is 2.72. The lowest BCUT2D eigenvalue weighted by Crippen LogP contribution is -1.85. The number of fused-ring (bicyclic) bond motifs is 1. The number of rotatable bonds is 0. The normalized spacial score (nSPS) is 9.42. The van der Waals surface area contributed by atoms with Crippen molar-refractivity contribution in [1.82, 2.24) is 9.97 Å². The molecule has 0 spiro atoms. The molecule has 0 N–H and O–H groups in total. The van der Waals surface area contributed by atoms with E-state index in [1.54, 1.807) is 6.20 Å². The zero-order valence-corrected chi connectivity index (χ0v) is 8.40. The number of hydrogen-bond acceptors (Lipinski definition) is 2. The number of hydrogen-bond donors (Lipinski definition) is 0. The van der Waals surface area contributed by atoms with Gasteiger partial charge in [-0.05, 0) is 19.1 Å². The fourth-order valence-corrected chi connectivity index (χ4v) is 1.05. The van der Waals surface area contributed by atoms with Crippen molar-refractivity contribution >= 4 is 20.9 Å². The number of benzene rings is 1. The summed E-state index contributed by atoms with van der Waals surface area (Å²) in [4.78, 5) is 8.53. The van der Waals surface area contributed by atoms with Crippen LogP contribution in [0.1, 0.15) is 5.69 Å². The van der Waals surface area contributed by atoms with E-state index >= 15 is 0 Å². The molecule has 0 aliphatic rings. The van der Waals surface area contributed by atoms with Crippen LogP contribution in [0.25, 0.3) is 11.0 Å². The molecule has 1 heterocycles. The lowest BCUT2D eigenvalue weighted by Gasteiger charge is -1.95. The van der Waals surface area contributed by atoms with Crippen LogP contribution in [0.3, 0.4) is 0 Å². The van der Waals surface area contributed by atoms with Gasteiger partial charge in [0.25, 0.3) is 0 Å². The minimum atomic E-state index is 0. The van der Waals surface area contributed by atoms with Gasteiger partial charge in [0.15, 0.2) is 0 Å². The van der Waals surface area contributed by atoms with Crippen LogP contribution in [0.5, 0.6) is 0 Å². The standard InChI is InChI=1S/C9H8N2.H3P/c1-7-6-10-8-4-2-3-5-9(8)11-7;/h2-6H,1H3;1H3. The zero-order chi connectivity index (χ0) is 7.68. The molecular weight excluding hydrogens is 167 g/mol. The lowest BCUT2D eigenvalue weighted by molar-refractivity contribution is 1.19. The first kappa shape index (κ1) is 9.08. The van der Waals surface area contributed by atoms with Crippen LogP contribution in [0, 0.1) is 6.92 Å². The van der Waals surface area contributed by atoms with Gasteiger partial charge in [-0.3, -0.25) is 4.98 Å². The maximum Gasteiger partial charge on any atom is 0.0889 e. The SMILES string of the molecule is Cc1cnc2ccccc2n1.P. The van der Waals surface area contributed by atoms with Crippen molar-refractivity contribution in [2.75, 3.05) is 0 Å². The van der Waals surface area contributed by atoms with E-state index in [1.165, 1.54) is 0 Å². The molecule has 2 rings (SSSR count). The quantitative estimate of drug-likeness (QED) is 0.576. The maximum atomic E-state index is 4.31. The molecular formula is C9H11N2P. The van der Waals surface area contributed by atoms with E-state index in [1.807, 2.05) is 31.2 Å². The first-order chi connectivity index (χ1) is 5.36. The van der Waals surface area contributed by atoms with E-state index in [4.69, 9.17) is 0 Å². The summed E-state index contributed by atoms with van der Waals surface area (Å²) in [7, 11) is 0. The van der Waals surface area contributed by atoms with Crippen molar-refractivity contribution in [3.63, 3.8) is 0 Å². The molecule has 0 aliphatic carbocycles. The van der Waals surface area contributed by atoms with Crippen molar-refractivity contribution in [3.8, 4) is 0 Å². The Morgan fingerprint density at radius 2 is 1.75 bits per heavy atom. The number of nitrogens with zero attached hydrogens (tertiary/aromatic N) is 2. The molecule has 0 aliphatic heterocycles. The fraction of sp³-hybridized carbons (Fsp3) is 0.111. The van der Waals surface area contributed by atoms with Crippen molar-refractivity contribution in [3.05, 3.63) is 36.2 Å². The van der Waals surface area contributed by atoms with Gasteiger partial charge in [-0.15, -0.1) is 0 Å². The van der Waals surface area contributed by atoms with Crippen LogP contribution in [0.15, 0.2) is 30.5 Å². The van der Waals surface area contributed by atoms with Crippen LogP contribution in [-0.4, -0.2) is 9.97 Å². The van der Waals surface area contributed by atoms with Crippen LogP contribution < -0.4 is 0 Å². The Labute approximate surface area is 74.7 Å². The molecule has 1 atom stereocenters. The Morgan fingerprint density at radius 1 is 1.08 bits per heavy atom. The Morgan fingerprint density at radius 3 is 2.50 bits per heavy atom. The molecule has 1 unspecified atom stereocenters. The van der Waals surface area contributed by atoms with Gasteiger partial charge >= 0.3 is 0 Å². The fourth-order valence-electron chi connectivity index (χ4n) is 1.05. The summed E-state index contributed by atoms with van der Waals surface area (Å²) in [6, 6.07) is 7.86. The summed E-state index contributed by atoms with van der Waals surface area (Å²) in [5, 5.41) is 0. The van der Waals surface area contributed by atoms with Crippen molar-refractivity contribution in [1.29, 1.82) is 0 Å². The first-order valence-corrected chi connectivity index (χ1v) is 3.55. The summed E-state index contributed by atoms with van der Waals surface area (Å²) in [6.07, 6.45) is 1.78. The van der Waals surface area contributed by atoms with E-state index in [2.05, 4.69) is 9.97 Å². The third-order valence-electron chi connectivity index (χ3n) is 1.57. The molecule has 0 saturated heterocycles. The van der Waals surface area contributed by atoms with Crippen molar-refractivity contribution in [2.24, 2.45) is 0 Å². The summed E-state index contributed by atoms with van der Waals surface area (Å²) < 4.78 is 0. The minimum absolute atomic E-state index is 0. The smallest absolute Gasteiger partial charge is 0.0889 e. The lowest BCUT2D eigenvalue weighted by atomic mass is 10.3. The molecule has 62 valence electrons. The minimum Gasteiger partial charge on any atom is -0.253 e. The number of aromatic nitrogens is 2. The van der Waals surface area contributed by atoms with E-state index in [0.717, 1.165) is 16.7 Å². The maximum absolute atomic E-state index is 4.31. The molecule has 0 saturated carbocycles. The molecule has 3 heteroatoms. The topological polar surface area (TPSA) is 25.8 Å². The second-order valence-corrected chi connectivity index (χ2v) is 2.50. The summed E-state index contributed by atoms with van der Waals surface area (Å²) in [5.74, 6) is 0. The van der Waals surface area contributed by atoms with Crippen molar-refractivity contribution < 1.29 is 0 Å². The van der Waals surface area contributed by atoms with E-state index in [-0.39, 0.29) is 9.90 Å². The van der Waals surface area contributed by atoms with E-state index in [0.29, 0.717) is 0 Å². The van der Waals surface area contributed by atoms with E-state index < -0.39 is 0 Å². The predicted octanol–water partition coefficient (Wildman–Crippen LogP) is 2.00. The molecule has 1 aromatic carbocycles. The largest absolute Gasteiger partial charge is 0.253 e. The Balaban J connectivity index is 0.000000720. The van der Waals surface area contributed by atoms with Gasteiger partial charge in [0, 0.05) is 6.20 Å². The molecule has 12 heavy (non-hydrogen) atoms. The van der Waals surface area contributed by atoms with Crippen LogP contribution in [-0.2, 0) is 0 Å². The van der Waals surface area contributed by atoms with Gasteiger partial charge in [0.05, 0.1) is 16.7 Å². The van der Waals surface area contributed by atoms with Gasteiger partial charge in [-0.1, -0.05) is 12.1 Å². The average Bonchev–Trinajstić information content (AvgIpc) is 2.04. The van der Waals surface area contributed by atoms with Crippen molar-refractivity contribution in [2.45, 2.75) is 6.92 Å². The van der Waals surface area contributed by atoms with Gasteiger partial charge < -0.3 is 0 Å². The Bertz CT molecular complexity index is 387. The Hall–Kier alpha value is -1.01. The first-order valence-electron chi connectivity index (χ1n) is 3.55. The van der Waals surface area contributed by atoms with Gasteiger partial charge in [-0.25, -0.2) is 4.98 Å². The molecule has 0 fully saturated rings. The average molecular weight is 178 g/mol. The molecule has 2 nitrogen and oxygen atoms in total.